The van der Waals surface area contributed by atoms with Crippen molar-refractivity contribution in [3.05, 3.63) is 65.7 Å². The molecule has 2 amide bonds. The van der Waals surface area contributed by atoms with Crippen molar-refractivity contribution >= 4 is 58.2 Å². The fraction of sp³-hybridized carbons (Fsp3) is 0.222. The van der Waals surface area contributed by atoms with Crippen LogP contribution in [0.15, 0.2) is 54.6 Å². The molecule has 0 radical (unpaired) electrons. The molecule has 0 unspecified atom stereocenters. The number of hydrogen-bond donors (Lipinski definition) is 2. The monoisotopic (exact) mass is 448 g/mol. The predicted molar refractivity (Wildman–Crippen MR) is 107 cm³/mol. The summed E-state index contributed by atoms with van der Waals surface area (Å²) in [5.41, 5.74) is 1.53. The van der Waals surface area contributed by atoms with Crippen molar-refractivity contribution in [2.75, 3.05) is 0 Å². The number of hydrogen-bond acceptors (Lipinski definition) is 3. The van der Waals surface area contributed by atoms with Crippen LogP contribution in [-0.2, 0) is 16.2 Å². The molecule has 5 nitrogen and oxygen atoms in total. The molecule has 0 aliphatic carbocycles. The van der Waals surface area contributed by atoms with E-state index in [1.807, 2.05) is 30.3 Å². The molecule has 0 aromatic heterocycles. The fourth-order valence-corrected chi connectivity index (χ4v) is 2.39. The topological polar surface area (TPSA) is 67.4 Å². The molecule has 0 atom stereocenters. The molecule has 2 aromatic rings. The first-order chi connectivity index (χ1) is 12.9. The molecule has 0 saturated heterocycles. The van der Waals surface area contributed by atoms with Crippen molar-refractivity contribution in [3.63, 3.8) is 0 Å². The molecule has 0 bridgehead atoms. The molecule has 2 rings (SSSR count). The van der Waals surface area contributed by atoms with Crippen LogP contribution < -0.4 is 15.4 Å². The van der Waals surface area contributed by atoms with Crippen molar-refractivity contribution in [3.8, 4) is 5.75 Å². The third-order valence-electron chi connectivity index (χ3n) is 3.41. The highest BCUT2D eigenvalue weighted by atomic mass is 35.5. The summed E-state index contributed by atoms with van der Waals surface area (Å²) in [6, 6.07) is 16.5. The second-order valence-corrected chi connectivity index (χ2v) is 7.59. The van der Waals surface area contributed by atoms with Crippen LogP contribution in [0.3, 0.4) is 0 Å². The minimum absolute atomic E-state index is 0.366. The molecular formula is C18H16Cl4N2O3. The average molecular weight is 450 g/mol. The van der Waals surface area contributed by atoms with Gasteiger partial charge in [-0.1, -0.05) is 88.9 Å². The lowest BCUT2D eigenvalue weighted by molar-refractivity contribution is -0.122. The van der Waals surface area contributed by atoms with Crippen LogP contribution in [0.2, 0.25) is 0 Å². The largest absolute Gasteiger partial charge is 0.489 e. The first kappa shape index (κ1) is 21.6. The maximum atomic E-state index is 11.9. The Bertz CT molecular complexity index is 750. The number of rotatable bonds is 8. The lowest BCUT2D eigenvalue weighted by Crippen LogP contribution is -2.44. The lowest BCUT2D eigenvalue weighted by Gasteiger charge is -2.22. The molecule has 0 aliphatic heterocycles. The Morgan fingerprint density at radius 3 is 2.00 bits per heavy atom. The van der Waals surface area contributed by atoms with E-state index in [1.54, 1.807) is 24.3 Å². The van der Waals surface area contributed by atoms with Gasteiger partial charge in [0.2, 0.25) is 0 Å². The quantitative estimate of drug-likeness (QED) is 0.470. The molecule has 0 heterocycles. The van der Waals surface area contributed by atoms with Gasteiger partial charge in [-0.15, -0.1) is 0 Å². The van der Waals surface area contributed by atoms with E-state index >= 15 is 0 Å². The van der Waals surface area contributed by atoms with Gasteiger partial charge in [0, 0.05) is 0 Å². The second kappa shape index (κ2) is 10.6. The molecule has 27 heavy (non-hydrogen) atoms. The minimum atomic E-state index is -1.30. The maximum absolute atomic E-state index is 11.9. The highest BCUT2D eigenvalue weighted by molar-refractivity contribution is 6.54. The highest BCUT2D eigenvalue weighted by Crippen LogP contribution is 2.20. The summed E-state index contributed by atoms with van der Waals surface area (Å²) in [5.74, 6) is -0.814. The summed E-state index contributed by atoms with van der Waals surface area (Å²) in [7, 11) is 0. The highest BCUT2D eigenvalue weighted by Gasteiger charge is 2.23. The van der Waals surface area contributed by atoms with E-state index in [1.165, 1.54) is 0 Å². The first-order valence-electron chi connectivity index (χ1n) is 7.80. The zero-order valence-corrected chi connectivity index (χ0v) is 16.9. The number of benzene rings is 2. The minimum Gasteiger partial charge on any atom is -0.489 e. The van der Waals surface area contributed by atoms with Gasteiger partial charge in [0.15, 0.2) is 9.67 Å². The molecular weight excluding hydrogens is 434 g/mol. The van der Waals surface area contributed by atoms with Gasteiger partial charge >= 0.3 is 0 Å². The number of nitrogens with one attached hydrogen (secondary N) is 2. The van der Waals surface area contributed by atoms with E-state index in [4.69, 9.17) is 51.1 Å². The number of alkyl halides is 4. The van der Waals surface area contributed by atoms with E-state index in [-0.39, 0.29) is 0 Å². The van der Waals surface area contributed by atoms with E-state index in [9.17, 15) is 9.59 Å². The van der Waals surface area contributed by atoms with Gasteiger partial charge < -0.3 is 15.4 Å². The van der Waals surface area contributed by atoms with E-state index in [2.05, 4.69) is 10.6 Å². The zero-order chi connectivity index (χ0) is 19.8. The number of amides is 2. The standard InChI is InChI=1S/C18H16Cl4N2O3/c19-14(20)17(25)23-16(24-18(26)15(21)22)12-7-4-8-13(9-12)27-10-11-5-2-1-3-6-11/h1-9,14-16H,10H2,(H,23,25)(H,24,26). The summed E-state index contributed by atoms with van der Waals surface area (Å²) < 4.78 is 5.76. The number of halogens is 4. The Morgan fingerprint density at radius 2 is 1.44 bits per heavy atom. The first-order valence-corrected chi connectivity index (χ1v) is 9.55. The van der Waals surface area contributed by atoms with Crippen molar-refractivity contribution in [1.29, 1.82) is 0 Å². The van der Waals surface area contributed by atoms with Crippen LogP contribution in [0.4, 0.5) is 0 Å². The van der Waals surface area contributed by atoms with Crippen LogP contribution in [0.5, 0.6) is 5.75 Å². The molecule has 2 aromatic carbocycles. The third kappa shape index (κ3) is 7.11. The van der Waals surface area contributed by atoms with Gasteiger partial charge in [0.1, 0.15) is 18.5 Å². The summed E-state index contributed by atoms with van der Waals surface area (Å²) >= 11 is 22.3. The van der Waals surface area contributed by atoms with Crippen LogP contribution in [-0.4, -0.2) is 21.5 Å². The van der Waals surface area contributed by atoms with Crippen molar-refractivity contribution in [2.45, 2.75) is 22.4 Å². The molecule has 2 N–H and O–H groups in total. The van der Waals surface area contributed by atoms with Gasteiger partial charge in [0.05, 0.1) is 0 Å². The Balaban J connectivity index is 2.15. The van der Waals surface area contributed by atoms with Crippen molar-refractivity contribution in [2.24, 2.45) is 0 Å². The number of ether oxygens (including phenoxy) is 1. The molecule has 144 valence electrons. The van der Waals surface area contributed by atoms with Gasteiger partial charge in [-0.2, -0.15) is 0 Å². The normalized spacial score (nSPS) is 10.9. The van der Waals surface area contributed by atoms with Crippen LogP contribution in [0, 0.1) is 0 Å². The SMILES string of the molecule is O=C(NC(NC(=O)C(Cl)Cl)c1cccc(OCc2ccccc2)c1)C(Cl)Cl. The van der Waals surface area contributed by atoms with Gasteiger partial charge in [-0.25, -0.2) is 0 Å². The Kier molecular flexibility index (Phi) is 8.51. The van der Waals surface area contributed by atoms with Crippen molar-refractivity contribution in [1.82, 2.24) is 10.6 Å². The van der Waals surface area contributed by atoms with Crippen LogP contribution in [0.1, 0.15) is 17.3 Å². The van der Waals surface area contributed by atoms with Gasteiger partial charge in [-0.3, -0.25) is 9.59 Å². The van der Waals surface area contributed by atoms with E-state index in [0.717, 1.165) is 5.56 Å². The molecule has 0 saturated carbocycles. The van der Waals surface area contributed by atoms with Crippen molar-refractivity contribution < 1.29 is 14.3 Å². The Hall–Kier alpha value is -1.66. The summed E-state index contributed by atoms with van der Waals surface area (Å²) in [6.07, 6.45) is -0.940. The van der Waals surface area contributed by atoms with E-state index < -0.39 is 27.7 Å². The Morgan fingerprint density at radius 1 is 0.852 bits per heavy atom. The van der Waals surface area contributed by atoms with Gasteiger partial charge in [-0.05, 0) is 23.3 Å². The molecule has 0 fully saturated rings. The van der Waals surface area contributed by atoms with Crippen LogP contribution >= 0.6 is 46.4 Å². The zero-order valence-electron chi connectivity index (χ0n) is 13.9. The Labute approximate surface area is 176 Å². The summed E-state index contributed by atoms with van der Waals surface area (Å²) in [6.45, 7) is 0.366. The third-order valence-corrected chi connectivity index (χ3v) is 4.20. The fourth-order valence-electron chi connectivity index (χ4n) is 2.14. The number of carbonyl (C=O) groups excluding carboxylic acids is 2. The summed E-state index contributed by atoms with van der Waals surface area (Å²) in [4.78, 5) is 21.1. The molecule has 0 aliphatic rings. The summed E-state index contributed by atoms with van der Waals surface area (Å²) in [5, 5.41) is 5.02. The smallest absolute Gasteiger partial charge is 0.255 e. The number of carbonyl (C=O) groups is 2. The second-order valence-electron chi connectivity index (χ2n) is 5.40. The molecule has 9 heteroatoms. The average Bonchev–Trinajstić information content (AvgIpc) is 2.66. The predicted octanol–water partition coefficient (Wildman–Crippen LogP) is 4.10. The maximum Gasteiger partial charge on any atom is 0.255 e. The van der Waals surface area contributed by atoms with E-state index in [0.29, 0.717) is 17.9 Å². The lowest BCUT2D eigenvalue weighted by atomic mass is 10.1. The van der Waals surface area contributed by atoms with Gasteiger partial charge in [0.25, 0.3) is 11.8 Å². The van der Waals surface area contributed by atoms with Crippen LogP contribution in [0.25, 0.3) is 0 Å². The molecule has 0 spiro atoms.